The molecule has 0 unspecified atom stereocenters. The lowest BCUT2D eigenvalue weighted by Crippen LogP contribution is -2.26. The lowest BCUT2D eigenvalue weighted by atomic mass is 10.1. The van der Waals surface area contributed by atoms with Crippen LogP contribution < -0.4 is 10.1 Å². The van der Waals surface area contributed by atoms with Gasteiger partial charge in [0, 0.05) is 18.5 Å². The summed E-state index contributed by atoms with van der Waals surface area (Å²) in [6.07, 6.45) is 3.40. The van der Waals surface area contributed by atoms with Gasteiger partial charge >= 0.3 is 0 Å². The van der Waals surface area contributed by atoms with E-state index >= 15 is 0 Å². The third-order valence-electron chi connectivity index (χ3n) is 5.91. The molecule has 2 N–H and O–H groups in total. The SMILES string of the molecule is COc1cccc2[nH]c(-c3nc(NCCN4CCCC4)c4ccccc4n3)c(C=O)c12. The molecule has 1 aliphatic rings. The van der Waals surface area contributed by atoms with Crippen molar-refractivity contribution in [1.82, 2.24) is 19.9 Å². The number of carbonyl (C=O) groups is 1. The Morgan fingerprint density at radius 1 is 1.13 bits per heavy atom. The average molecular weight is 415 g/mol. The Morgan fingerprint density at radius 2 is 1.97 bits per heavy atom. The fraction of sp³-hybridized carbons (Fsp3) is 0.292. The summed E-state index contributed by atoms with van der Waals surface area (Å²) < 4.78 is 5.48. The molecule has 31 heavy (non-hydrogen) atoms. The van der Waals surface area contributed by atoms with Crippen LogP contribution in [0.4, 0.5) is 5.82 Å². The number of likely N-dealkylation sites (tertiary alicyclic amines) is 1. The van der Waals surface area contributed by atoms with Crippen molar-refractivity contribution in [3.05, 3.63) is 48.0 Å². The minimum absolute atomic E-state index is 0.489. The molecule has 158 valence electrons. The van der Waals surface area contributed by atoms with Crippen molar-refractivity contribution in [3.8, 4) is 17.3 Å². The zero-order valence-electron chi connectivity index (χ0n) is 17.5. The van der Waals surface area contributed by atoms with Gasteiger partial charge in [-0.15, -0.1) is 0 Å². The highest BCUT2D eigenvalue weighted by Gasteiger charge is 2.20. The first-order valence-electron chi connectivity index (χ1n) is 10.7. The van der Waals surface area contributed by atoms with Gasteiger partial charge in [0.05, 0.1) is 34.8 Å². The maximum absolute atomic E-state index is 12.1. The lowest BCUT2D eigenvalue weighted by Gasteiger charge is -2.16. The third kappa shape index (κ3) is 3.61. The van der Waals surface area contributed by atoms with Crippen LogP contribution in [0.15, 0.2) is 42.5 Å². The second-order valence-electron chi connectivity index (χ2n) is 7.80. The van der Waals surface area contributed by atoms with Crippen LogP contribution in [-0.2, 0) is 0 Å². The number of aromatic nitrogens is 3. The largest absolute Gasteiger partial charge is 0.496 e. The number of aromatic amines is 1. The number of carbonyl (C=O) groups excluding carboxylic acids is 1. The molecular weight excluding hydrogens is 390 g/mol. The van der Waals surface area contributed by atoms with Crippen LogP contribution in [-0.4, -0.2) is 59.4 Å². The molecule has 1 fully saturated rings. The maximum Gasteiger partial charge on any atom is 0.179 e. The van der Waals surface area contributed by atoms with Gasteiger partial charge in [-0.1, -0.05) is 18.2 Å². The standard InChI is InChI=1S/C24H25N5O2/c1-31-20-10-6-9-19-21(20)17(15-30)22(26-19)24-27-18-8-3-2-7-16(18)23(28-24)25-11-14-29-12-4-5-13-29/h2-3,6-10,15,26H,4-5,11-14H2,1H3,(H,25,27,28). The molecular formula is C24H25N5O2. The topological polar surface area (TPSA) is 83.1 Å². The monoisotopic (exact) mass is 415 g/mol. The van der Waals surface area contributed by atoms with E-state index in [1.54, 1.807) is 7.11 Å². The Balaban J connectivity index is 1.58. The summed E-state index contributed by atoms with van der Waals surface area (Å²) in [6, 6.07) is 13.6. The summed E-state index contributed by atoms with van der Waals surface area (Å²) in [6.45, 7) is 4.12. The predicted molar refractivity (Wildman–Crippen MR) is 123 cm³/mol. The molecule has 5 rings (SSSR count). The number of rotatable bonds is 7. The Hall–Kier alpha value is -3.45. The van der Waals surface area contributed by atoms with Crippen LogP contribution >= 0.6 is 0 Å². The molecule has 4 aromatic rings. The van der Waals surface area contributed by atoms with Crippen molar-refractivity contribution < 1.29 is 9.53 Å². The van der Waals surface area contributed by atoms with Gasteiger partial charge in [-0.3, -0.25) is 4.79 Å². The van der Waals surface area contributed by atoms with Gasteiger partial charge < -0.3 is 19.9 Å². The number of H-pyrrole nitrogens is 1. The van der Waals surface area contributed by atoms with Crippen LogP contribution in [0.3, 0.4) is 0 Å². The Bertz CT molecular complexity index is 1240. The number of nitrogens with one attached hydrogen (secondary N) is 2. The van der Waals surface area contributed by atoms with Crippen LogP contribution in [0.1, 0.15) is 23.2 Å². The quantitative estimate of drug-likeness (QED) is 0.442. The number of hydrogen-bond donors (Lipinski definition) is 2. The Kier molecular flexibility index (Phi) is 5.26. The number of methoxy groups -OCH3 is 1. The van der Waals surface area contributed by atoms with E-state index in [1.165, 1.54) is 12.8 Å². The molecule has 0 amide bonds. The van der Waals surface area contributed by atoms with Gasteiger partial charge in [0.1, 0.15) is 11.6 Å². The Labute approximate surface area is 180 Å². The fourth-order valence-corrected chi connectivity index (χ4v) is 4.37. The van der Waals surface area contributed by atoms with E-state index < -0.39 is 0 Å². The smallest absolute Gasteiger partial charge is 0.179 e. The normalized spacial score (nSPS) is 14.4. The summed E-state index contributed by atoms with van der Waals surface area (Å²) in [5, 5.41) is 5.21. The molecule has 2 aromatic carbocycles. The van der Waals surface area contributed by atoms with Crippen LogP contribution in [0.5, 0.6) is 5.75 Å². The second-order valence-corrected chi connectivity index (χ2v) is 7.80. The molecule has 1 saturated heterocycles. The van der Waals surface area contributed by atoms with E-state index in [-0.39, 0.29) is 0 Å². The van der Waals surface area contributed by atoms with Crippen molar-refractivity contribution in [2.45, 2.75) is 12.8 Å². The minimum atomic E-state index is 0.489. The van der Waals surface area contributed by atoms with E-state index in [9.17, 15) is 4.79 Å². The number of anilines is 1. The summed E-state index contributed by atoms with van der Waals surface area (Å²) >= 11 is 0. The number of fused-ring (bicyclic) bond motifs is 2. The molecule has 7 nitrogen and oxygen atoms in total. The number of aldehydes is 1. The number of nitrogens with zero attached hydrogens (tertiary/aromatic N) is 3. The lowest BCUT2D eigenvalue weighted by molar-refractivity contribution is 0.112. The molecule has 0 radical (unpaired) electrons. The highest BCUT2D eigenvalue weighted by Crippen LogP contribution is 2.35. The van der Waals surface area contributed by atoms with Crippen molar-refractivity contribution in [2.75, 3.05) is 38.6 Å². The molecule has 2 aromatic heterocycles. The number of para-hydroxylation sites is 1. The number of hydrogen-bond acceptors (Lipinski definition) is 6. The first-order chi connectivity index (χ1) is 15.3. The average Bonchev–Trinajstić information content (AvgIpc) is 3.46. The Morgan fingerprint density at radius 3 is 2.77 bits per heavy atom. The molecule has 0 aliphatic carbocycles. The van der Waals surface area contributed by atoms with Crippen molar-refractivity contribution in [1.29, 1.82) is 0 Å². The zero-order chi connectivity index (χ0) is 21.2. The van der Waals surface area contributed by atoms with E-state index in [2.05, 4.69) is 15.2 Å². The number of benzene rings is 2. The molecule has 0 atom stereocenters. The minimum Gasteiger partial charge on any atom is -0.496 e. The van der Waals surface area contributed by atoms with Crippen molar-refractivity contribution in [3.63, 3.8) is 0 Å². The summed E-state index contributed by atoms with van der Waals surface area (Å²) in [4.78, 5) is 27.4. The van der Waals surface area contributed by atoms with Gasteiger partial charge in [-0.2, -0.15) is 0 Å². The van der Waals surface area contributed by atoms with Crippen LogP contribution in [0.2, 0.25) is 0 Å². The van der Waals surface area contributed by atoms with Crippen LogP contribution in [0.25, 0.3) is 33.3 Å². The molecule has 0 saturated carbocycles. The summed E-state index contributed by atoms with van der Waals surface area (Å²) in [5.74, 6) is 1.91. The molecule has 1 aliphatic heterocycles. The van der Waals surface area contributed by atoms with E-state index in [1.807, 2.05) is 42.5 Å². The van der Waals surface area contributed by atoms with Gasteiger partial charge in [-0.25, -0.2) is 9.97 Å². The highest BCUT2D eigenvalue weighted by molar-refractivity contribution is 6.07. The first-order valence-corrected chi connectivity index (χ1v) is 10.7. The molecule has 0 spiro atoms. The number of ether oxygens (including phenoxy) is 1. The van der Waals surface area contributed by atoms with Gasteiger partial charge in [-0.05, 0) is 50.2 Å². The van der Waals surface area contributed by atoms with Crippen molar-refractivity contribution in [2.24, 2.45) is 0 Å². The van der Waals surface area contributed by atoms with Crippen LogP contribution in [0, 0.1) is 0 Å². The van der Waals surface area contributed by atoms with E-state index in [0.29, 0.717) is 22.8 Å². The van der Waals surface area contributed by atoms with Gasteiger partial charge in [0.15, 0.2) is 12.1 Å². The van der Waals surface area contributed by atoms with Gasteiger partial charge in [0.25, 0.3) is 0 Å². The maximum atomic E-state index is 12.1. The molecule has 3 heterocycles. The molecule has 7 heteroatoms. The van der Waals surface area contributed by atoms with E-state index in [0.717, 1.165) is 60.1 Å². The summed E-state index contributed by atoms with van der Waals surface area (Å²) in [5.41, 5.74) is 2.75. The fourth-order valence-electron chi connectivity index (χ4n) is 4.37. The van der Waals surface area contributed by atoms with Crippen molar-refractivity contribution >= 4 is 33.9 Å². The van der Waals surface area contributed by atoms with E-state index in [4.69, 9.17) is 14.7 Å². The molecule has 0 bridgehead atoms. The predicted octanol–water partition coefficient (Wildman–Crippen LogP) is 4.11. The third-order valence-corrected chi connectivity index (χ3v) is 5.91. The summed E-state index contributed by atoms with van der Waals surface area (Å²) in [7, 11) is 1.60. The zero-order valence-corrected chi connectivity index (χ0v) is 17.5. The first kappa shape index (κ1) is 19.5. The van der Waals surface area contributed by atoms with Gasteiger partial charge in [0.2, 0.25) is 0 Å². The highest BCUT2D eigenvalue weighted by atomic mass is 16.5. The second kappa shape index (κ2) is 8.35.